The summed E-state index contributed by atoms with van der Waals surface area (Å²) in [6.07, 6.45) is -6.93. The highest BCUT2D eigenvalue weighted by molar-refractivity contribution is 5.98. The summed E-state index contributed by atoms with van der Waals surface area (Å²) in [5.41, 5.74) is -0.447. The third kappa shape index (κ3) is 3.76. The first-order valence-electron chi connectivity index (χ1n) is 6.41. The first kappa shape index (κ1) is 17.1. The summed E-state index contributed by atoms with van der Waals surface area (Å²) in [5, 5.41) is 11.4. The van der Waals surface area contributed by atoms with E-state index in [0.717, 1.165) is 12.1 Å². The number of anilines is 1. The van der Waals surface area contributed by atoms with Gasteiger partial charge in [-0.1, -0.05) is 0 Å². The summed E-state index contributed by atoms with van der Waals surface area (Å²) in [5.74, 6) is -5.39. The second-order valence-corrected chi connectivity index (χ2v) is 4.97. The van der Waals surface area contributed by atoms with Gasteiger partial charge in [-0.3, -0.25) is 9.59 Å². The third-order valence-corrected chi connectivity index (χ3v) is 3.27. The minimum absolute atomic E-state index is 0.182. The van der Waals surface area contributed by atoms with Crippen LogP contribution in [0.25, 0.3) is 0 Å². The number of alkyl halides is 3. The molecule has 23 heavy (non-hydrogen) atoms. The van der Waals surface area contributed by atoms with Crippen LogP contribution in [0, 0.1) is 11.6 Å². The van der Waals surface area contributed by atoms with Gasteiger partial charge in [0.25, 0.3) is 0 Å². The maximum absolute atomic E-state index is 13.5. The zero-order chi connectivity index (χ0) is 17.4. The first-order valence-corrected chi connectivity index (χ1v) is 6.41. The maximum atomic E-state index is 13.5. The van der Waals surface area contributed by atoms with E-state index in [1.807, 2.05) is 5.32 Å². The number of hydrogen-bond acceptors (Lipinski definition) is 3. The standard InChI is InChI=1S/C13H11F5N2O3/c14-6-1-2-9(8(15)3-6)19-11(22)10-4-7(21)5-20(10)12(23)13(16,17)18/h1-3,7,10,21H,4-5H2,(H,19,22)/t7-,10+/m0/s1. The van der Waals surface area contributed by atoms with Crippen LogP contribution in [-0.4, -0.2) is 46.7 Å². The zero-order valence-corrected chi connectivity index (χ0v) is 11.4. The van der Waals surface area contributed by atoms with E-state index in [2.05, 4.69) is 0 Å². The molecule has 1 saturated heterocycles. The summed E-state index contributed by atoms with van der Waals surface area (Å²) in [6, 6.07) is 0.617. The molecule has 1 aliphatic rings. The van der Waals surface area contributed by atoms with Gasteiger partial charge in [-0.05, 0) is 12.1 Å². The number of carbonyl (C=O) groups is 2. The van der Waals surface area contributed by atoms with E-state index >= 15 is 0 Å². The summed E-state index contributed by atoms with van der Waals surface area (Å²) in [6.45, 7) is -0.664. The number of rotatable bonds is 2. The van der Waals surface area contributed by atoms with Gasteiger partial charge >= 0.3 is 12.1 Å². The van der Waals surface area contributed by atoms with E-state index < -0.39 is 60.4 Å². The number of amides is 2. The van der Waals surface area contributed by atoms with Crippen molar-refractivity contribution >= 4 is 17.5 Å². The second-order valence-electron chi connectivity index (χ2n) is 4.97. The van der Waals surface area contributed by atoms with Crippen molar-refractivity contribution < 1.29 is 36.6 Å². The first-order chi connectivity index (χ1) is 10.6. The average Bonchev–Trinajstić information content (AvgIpc) is 2.82. The normalized spacial score (nSPS) is 21.4. The molecule has 10 heteroatoms. The molecule has 1 heterocycles. The van der Waals surface area contributed by atoms with Crippen molar-refractivity contribution in [2.45, 2.75) is 24.7 Å². The molecule has 0 aliphatic carbocycles. The molecular formula is C13H11F5N2O3. The Kier molecular flexibility index (Phi) is 4.55. The molecule has 2 rings (SSSR count). The van der Waals surface area contributed by atoms with Crippen LogP contribution in [0.5, 0.6) is 0 Å². The molecule has 0 aromatic heterocycles. The van der Waals surface area contributed by atoms with E-state index in [1.54, 1.807) is 0 Å². The number of aliphatic hydroxyl groups is 1. The molecule has 1 aliphatic heterocycles. The van der Waals surface area contributed by atoms with Crippen LogP contribution >= 0.6 is 0 Å². The molecule has 126 valence electrons. The lowest BCUT2D eigenvalue weighted by Crippen LogP contribution is -2.48. The zero-order valence-electron chi connectivity index (χ0n) is 11.4. The van der Waals surface area contributed by atoms with Gasteiger partial charge in [0.1, 0.15) is 17.7 Å². The minimum atomic E-state index is -5.20. The van der Waals surface area contributed by atoms with Crippen LogP contribution in [0.4, 0.5) is 27.6 Å². The lowest BCUT2D eigenvalue weighted by Gasteiger charge is -2.24. The summed E-state index contributed by atoms with van der Waals surface area (Å²) < 4.78 is 63.7. The molecule has 1 aromatic rings. The van der Waals surface area contributed by atoms with Crippen molar-refractivity contribution in [2.24, 2.45) is 0 Å². The van der Waals surface area contributed by atoms with Crippen molar-refractivity contribution in [3.05, 3.63) is 29.8 Å². The van der Waals surface area contributed by atoms with Crippen LogP contribution < -0.4 is 5.32 Å². The van der Waals surface area contributed by atoms with Crippen LogP contribution in [0.1, 0.15) is 6.42 Å². The van der Waals surface area contributed by atoms with E-state index in [1.165, 1.54) is 0 Å². The van der Waals surface area contributed by atoms with Crippen LogP contribution in [0.3, 0.4) is 0 Å². The van der Waals surface area contributed by atoms with Gasteiger partial charge in [0.15, 0.2) is 0 Å². The molecule has 0 unspecified atom stereocenters. The number of halogens is 5. The predicted molar refractivity (Wildman–Crippen MR) is 67.2 cm³/mol. The fourth-order valence-electron chi connectivity index (χ4n) is 2.26. The number of likely N-dealkylation sites (tertiary alicyclic amines) is 1. The fraction of sp³-hybridized carbons (Fsp3) is 0.385. The van der Waals surface area contributed by atoms with Gasteiger partial charge in [0.2, 0.25) is 5.91 Å². The largest absolute Gasteiger partial charge is 0.471 e. The van der Waals surface area contributed by atoms with Crippen molar-refractivity contribution in [2.75, 3.05) is 11.9 Å². The molecular weight excluding hydrogens is 327 g/mol. The lowest BCUT2D eigenvalue weighted by molar-refractivity contribution is -0.186. The highest BCUT2D eigenvalue weighted by Crippen LogP contribution is 2.27. The molecule has 2 atom stereocenters. The molecule has 0 saturated carbocycles. The third-order valence-electron chi connectivity index (χ3n) is 3.27. The highest BCUT2D eigenvalue weighted by atomic mass is 19.4. The minimum Gasteiger partial charge on any atom is -0.391 e. The highest BCUT2D eigenvalue weighted by Gasteiger charge is 2.49. The van der Waals surface area contributed by atoms with Gasteiger partial charge in [-0.2, -0.15) is 13.2 Å². The lowest BCUT2D eigenvalue weighted by atomic mass is 10.1. The Morgan fingerprint density at radius 3 is 2.48 bits per heavy atom. The Morgan fingerprint density at radius 1 is 1.26 bits per heavy atom. The number of hydrogen-bond donors (Lipinski definition) is 2. The van der Waals surface area contributed by atoms with Crippen molar-refractivity contribution in [3.8, 4) is 0 Å². The maximum Gasteiger partial charge on any atom is 0.471 e. The fourth-order valence-corrected chi connectivity index (χ4v) is 2.26. The molecule has 1 aromatic carbocycles. The number of aliphatic hydroxyl groups excluding tert-OH is 1. The predicted octanol–water partition coefficient (Wildman–Crippen LogP) is 1.43. The monoisotopic (exact) mass is 338 g/mol. The van der Waals surface area contributed by atoms with Crippen LogP contribution in [0.15, 0.2) is 18.2 Å². The van der Waals surface area contributed by atoms with Crippen LogP contribution in [-0.2, 0) is 9.59 Å². The number of nitrogens with zero attached hydrogens (tertiary/aromatic N) is 1. The molecule has 2 amide bonds. The topological polar surface area (TPSA) is 69.6 Å². The van der Waals surface area contributed by atoms with Crippen molar-refractivity contribution in [1.29, 1.82) is 0 Å². The number of β-amino-alcohol motifs (C(OH)–C–C–N with tert-alkyl or cyclic N) is 1. The number of carbonyl (C=O) groups excluding carboxylic acids is 2. The van der Waals surface area contributed by atoms with Crippen molar-refractivity contribution in [3.63, 3.8) is 0 Å². The number of nitrogens with one attached hydrogen (secondary N) is 1. The Labute approximate surface area is 126 Å². The van der Waals surface area contributed by atoms with Gasteiger partial charge < -0.3 is 15.3 Å². The van der Waals surface area contributed by atoms with Gasteiger partial charge in [0, 0.05) is 19.0 Å². The average molecular weight is 338 g/mol. The van der Waals surface area contributed by atoms with Gasteiger partial charge in [-0.15, -0.1) is 0 Å². The molecule has 0 radical (unpaired) electrons. The molecule has 5 nitrogen and oxygen atoms in total. The van der Waals surface area contributed by atoms with E-state index in [9.17, 15) is 36.6 Å². The van der Waals surface area contributed by atoms with Gasteiger partial charge in [0.05, 0.1) is 11.8 Å². The quantitative estimate of drug-likeness (QED) is 0.802. The second kappa shape index (κ2) is 6.11. The summed E-state index contributed by atoms with van der Waals surface area (Å²) >= 11 is 0. The molecule has 1 fully saturated rings. The molecule has 0 spiro atoms. The Bertz CT molecular complexity index is 635. The molecule has 2 N–H and O–H groups in total. The Morgan fingerprint density at radius 2 is 1.91 bits per heavy atom. The van der Waals surface area contributed by atoms with E-state index in [4.69, 9.17) is 0 Å². The summed E-state index contributed by atoms with van der Waals surface area (Å²) in [7, 11) is 0. The summed E-state index contributed by atoms with van der Waals surface area (Å²) in [4.78, 5) is 23.5. The van der Waals surface area contributed by atoms with E-state index in [-0.39, 0.29) is 4.90 Å². The number of benzene rings is 1. The van der Waals surface area contributed by atoms with Crippen LogP contribution in [0.2, 0.25) is 0 Å². The Hall–Kier alpha value is -2.23. The van der Waals surface area contributed by atoms with Gasteiger partial charge in [-0.25, -0.2) is 8.78 Å². The van der Waals surface area contributed by atoms with E-state index in [0.29, 0.717) is 6.07 Å². The SMILES string of the molecule is O=C(Nc1ccc(F)cc1F)[C@H]1C[C@H](O)CN1C(=O)C(F)(F)F. The molecule has 0 bridgehead atoms. The smallest absolute Gasteiger partial charge is 0.391 e. The Balaban J connectivity index is 2.18. The van der Waals surface area contributed by atoms with Crippen molar-refractivity contribution in [1.82, 2.24) is 4.90 Å².